The maximum absolute atomic E-state index is 13.9. The first-order valence-electron chi connectivity index (χ1n) is 8.24. The van der Waals surface area contributed by atoms with Gasteiger partial charge >= 0.3 is 0 Å². The molecule has 0 spiro atoms. The van der Waals surface area contributed by atoms with E-state index in [1.165, 1.54) is 12.1 Å². The summed E-state index contributed by atoms with van der Waals surface area (Å²) in [6.07, 6.45) is 2.62. The van der Waals surface area contributed by atoms with E-state index in [2.05, 4.69) is 15.3 Å². The molecule has 0 saturated heterocycles. The Kier molecular flexibility index (Phi) is 6.16. The van der Waals surface area contributed by atoms with Crippen molar-refractivity contribution in [2.75, 3.05) is 12.0 Å². The summed E-state index contributed by atoms with van der Waals surface area (Å²) >= 11 is 7.72. The highest BCUT2D eigenvalue weighted by atomic mass is 35.5. The number of carbonyl (C=O) groups is 1. The molecule has 1 amide bonds. The SMILES string of the molecule is CSCCC(NC(=O)Cc1c(F)cccc1Cl)c1nc2ccccc2[nH]1. The smallest absolute Gasteiger partial charge is 0.225 e. The fraction of sp³-hybridized carbons (Fsp3) is 0.263. The van der Waals surface area contributed by atoms with Crippen molar-refractivity contribution < 1.29 is 9.18 Å². The summed E-state index contributed by atoms with van der Waals surface area (Å²) < 4.78 is 13.9. The standard InChI is InChI=1S/C19H19ClFN3OS/c1-26-10-9-17(19-23-15-7-2-3-8-16(15)24-19)22-18(25)11-12-13(20)5-4-6-14(12)21/h2-8,17H,9-11H2,1H3,(H,22,25)(H,23,24). The van der Waals surface area contributed by atoms with E-state index in [0.29, 0.717) is 5.82 Å². The number of hydrogen-bond donors (Lipinski definition) is 2. The molecule has 4 nitrogen and oxygen atoms in total. The van der Waals surface area contributed by atoms with Crippen LogP contribution in [0.3, 0.4) is 0 Å². The highest BCUT2D eigenvalue weighted by Crippen LogP contribution is 2.22. The summed E-state index contributed by atoms with van der Waals surface area (Å²) in [4.78, 5) is 20.3. The van der Waals surface area contributed by atoms with Crippen LogP contribution in [-0.2, 0) is 11.2 Å². The average Bonchev–Trinajstić information content (AvgIpc) is 3.06. The van der Waals surface area contributed by atoms with Crippen LogP contribution >= 0.6 is 23.4 Å². The van der Waals surface area contributed by atoms with Crippen molar-refractivity contribution in [3.63, 3.8) is 0 Å². The number of amides is 1. The van der Waals surface area contributed by atoms with Crippen LogP contribution in [-0.4, -0.2) is 27.9 Å². The number of hydrogen-bond acceptors (Lipinski definition) is 3. The molecule has 0 saturated carbocycles. The summed E-state index contributed by atoms with van der Waals surface area (Å²) in [7, 11) is 0. The van der Waals surface area contributed by atoms with Crippen LogP contribution in [0.4, 0.5) is 4.39 Å². The first-order chi connectivity index (χ1) is 12.6. The molecule has 0 aliphatic heterocycles. The average molecular weight is 392 g/mol. The van der Waals surface area contributed by atoms with Gasteiger partial charge in [0, 0.05) is 10.6 Å². The van der Waals surface area contributed by atoms with Gasteiger partial charge in [-0.05, 0) is 42.7 Å². The number of carbonyl (C=O) groups excluding carboxylic acids is 1. The summed E-state index contributed by atoms with van der Waals surface area (Å²) in [5.74, 6) is 0.802. The van der Waals surface area contributed by atoms with Crippen molar-refractivity contribution in [3.05, 3.63) is 64.7 Å². The monoisotopic (exact) mass is 391 g/mol. The van der Waals surface area contributed by atoms with Crippen LogP contribution in [0.25, 0.3) is 11.0 Å². The molecular weight excluding hydrogens is 373 g/mol. The lowest BCUT2D eigenvalue weighted by Gasteiger charge is -2.17. The van der Waals surface area contributed by atoms with E-state index in [1.54, 1.807) is 17.8 Å². The van der Waals surface area contributed by atoms with E-state index in [9.17, 15) is 9.18 Å². The fourth-order valence-electron chi connectivity index (χ4n) is 2.76. The minimum atomic E-state index is -0.475. The lowest BCUT2D eigenvalue weighted by Crippen LogP contribution is -2.31. The molecule has 2 N–H and O–H groups in total. The largest absolute Gasteiger partial charge is 0.346 e. The number of thioether (sulfide) groups is 1. The van der Waals surface area contributed by atoms with Gasteiger partial charge in [-0.2, -0.15) is 11.8 Å². The van der Waals surface area contributed by atoms with Gasteiger partial charge in [0.2, 0.25) is 5.91 Å². The summed E-state index contributed by atoms with van der Waals surface area (Å²) in [6, 6.07) is 11.8. The van der Waals surface area contributed by atoms with Gasteiger partial charge in [0.15, 0.2) is 0 Å². The quantitative estimate of drug-likeness (QED) is 0.623. The van der Waals surface area contributed by atoms with Crippen molar-refractivity contribution in [1.29, 1.82) is 0 Å². The number of fused-ring (bicyclic) bond motifs is 1. The number of rotatable bonds is 7. The molecular formula is C19H19ClFN3OS. The molecule has 1 unspecified atom stereocenters. The Morgan fingerprint density at radius 3 is 2.85 bits per heavy atom. The number of H-pyrrole nitrogens is 1. The van der Waals surface area contributed by atoms with E-state index in [0.717, 1.165) is 23.2 Å². The number of nitrogens with one attached hydrogen (secondary N) is 2. The Hall–Kier alpha value is -2.05. The fourth-order valence-corrected chi connectivity index (χ4v) is 3.46. The summed E-state index contributed by atoms with van der Waals surface area (Å²) in [5, 5.41) is 3.21. The Morgan fingerprint density at radius 2 is 2.12 bits per heavy atom. The second-order valence-corrected chi connectivity index (χ2v) is 7.31. The molecule has 1 aromatic heterocycles. The van der Waals surface area contributed by atoms with Crippen LogP contribution in [0.5, 0.6) is 0 Å². The minimum absolute atomic E-state index is 0.110. The van der Waals surface area contributed by atoms with Gasteiger partial charge < -0.3 is 10.3 Å². The predicted molar refractivity (Wildman–Crippen MR) is 105 cm³/mol. The number of benzene rings is 2. The maximum atomic E-state index is 13.9. The van der Waals surface area contributed by atoms with E-state index in [4.69, 9.17) is 11.6 Å². The molecule has 0 radical (unpaired) electrons. The number of aromatic nitrogens is 2. The Balaban J connectivity index is 1.78. The van der Waals surface area contributed by atoms with Gasteiger partial charge in [-0.25, -0.2) is 9.37 Å². The number of nitrogens with zero attached hydrogens (tertiary/aromatic N) is 1. The van der Waals surface area contributed by atoms with Gasteiger partial charge in [0.1, 0.15) is 11.6 Å². The Bertz CT molecular complexity index is 861. The van der Waals surface area contributed by atoms with Gasteiger partial charge in [-0.15, -0.1) is 0 Å². The Morgan fingerprint density at radius 1 is 1.31 bits per heavy atom. The van der Waals surface area contributed by atoms with E-state index < -0.39 is 5.82 Å². The van der Waals surface area contributed by atoms with Gasteiger partial charge in [0.05, 0.1) is 23.5 Å². The molecule has 136 valence electrons. The van der Waals surface area contributed by atoms with Crippen molar-refractivity contribution >= 4 is 40.3 Å². The van der Waals surface area contributed by atoms with Crippen molar-refractivity contribution in [2.24, 2.45) is 0 Å². The molecule has 3 aromatic rings. The van der Waals surface area contributed by atoms with E-state index in [-0.39, 0.29) is 29.0 Å². The first-order valence-corrected chi connectivity index (χ1v) is 10.0. The Labute approximate surface area is 160 Å². The van der Waals surface area contributed by atoms with Crippen LogP contribution in [0.2, 0.25) is 5.02 Å². The maximum Gasteiger partial charge on any atom is 0.225 e. The molecule has 3 rings (SSSR count). The van der Waals surface area contributed by atoms with Crippen LogP contribution in [0.1, 0.15) is 23.9 Å². The highest BCUT2D eigenvalue weighted by molar-refractivity contribution is 7.98. The molecule has 0 bridgehead atoms. The lowest BCUT2D eigenvalue weighted by molar-refractivity contribution is -0.121. The first kappa shape index (κ1) is 18.7. The third-order valence-electron chi connectivity index (χ3n) is 4.08. The summed E-state index contributed by atoms with van der Waals surface area (Å²) in [5.41, 5.74) is 1.98. The zero-order chi connectivity index (χ0) is 18.5. The molecule has 1 atom stereocenters. The third-order valence-corrected chi connectivity index (χ3v) is 5.08. The van der Waals surface area contributed by atoms with E-state index in [1.807, 2.05) is 30.5 Å². The number of para-hydroxylation sites is 2. The zero-order valence-corrected chi connectivity index (χ0v) is 15.8. The van der Waals surface area contributed by atoms with Crippen molar-refractivity contribution in [3.8, 4) is 0 Å². The van der Waals surface area contributed by atoms with Gasteiger partial charge in [-0.3, -0.25) is 4.79 Å². The van der Waals surface area contributed by atoms with Crippen molar-refractivity contribution in [1.82, 2.24) is 15.3 Å². The second-order valence-electron chi connectivity index (χ2n) is 5.92. The molecule has 26 heavy (non-hydrogen) atoms. The van der Waals surface area contributed by atoms with Gasteiger partial charge in [0.25, 0.3) is 0 Å². The number of imidazole rings is 1. The molecule has 1 heterocycles. The normalized spacial score (nSPS) is 12.3. The molecule has 7 heteroatoms. The minimum Gasteiger partial charge on any atom is -0.346 e. The lowest BCUT2D eigenvalue weighted by atomic mass is 10.1. The van der Waals surface area contributed by atoms with Crippen LogP contribution in [0.15, 0.2) is 42.5 Å². The second kappa shape index (κ2) is 8.56. The highest BCUT2D eigenvalue weighted by Gasteiger charge is 2.20. The zero-order valence-electron chi connectivity index (χ0n) is 14.3. The van der Waals surface area contributed by atoms with Crippen molar-refractivity contribution in [2.45, 2.75) is 18.9 Å². The van der Waals surface area contributed by atoms with Crippen LogP contribution in [0, 0.1) is 5.82 Å². The van der Waals surface area contributed by atoms with Gasteiger partial charge in [-0.1, -0.05) is 29.8 Å². The van der Waals surface area contributed by atoms with E-state index >= 15 is 0 Å². The predicted octanol–water partition coefficient (Wildman–Crippen LogP) is 4.51. The molecule has 0 aliphatic carbocycles. The number of aromatic amines is 1. The third kappa shape index (κ3) is 4.37. The molecule has 0 fully saturated rings. The molecule has 2 aromatic carbocycles. The number of halogens is 2. The topological polar surface area (TPSA) is 57.8 Å². The molecule has 0 aliphatic rings. The van der Waals surface area contributed by atoms with Crippen LogP contribution < -0.4 is 5.32 Å². The summed E-state index contributed by atoms with van der Waals surface area (Å²) in [6.45, 7) is 0.